The highest BCUT2D eigenvalue weighted by molar-refractivity contribution is 6.05. The van der Waals surface area contributed by atoms with Crippen LogP contribution in [0.25, 0.3) is 0 Å². The van der Waals surface area contributed by atoms with Crippen LogP contribution >= 0.6 is 0 Å². The third-order valence-corrected chi connectivity index (χ3v) is 2.25. The highest BCUT2D eigenvalue weighted by Crippen LogP contribution is 2.15. The Morgan fingerprint density at radius 3 is 2.06 bits per heavy atom. The minimum Gasteiger partial charge on any atom is -0.480 e. The summed E-state index contributed by atoms with van der Waals surface area (Å²) in [5, 5.41) is 19.2. The van der Waals surface area contributed by atoms with E-state index in [2.05, 4.69) is 0 Å². The minimum atomic E-state index is -1.69. The maximum atomic E-state index is 11.7. The molecule has 0 aliphatic rings. The number of hydrogen-bond donors (Lipinski definition) is 5. The topological polar surface area (TPSA) is 159 Å². The Labute approximate surface area is 102 Å². The van der Waals surface area contributed by atoms with Crippen LogP contribution in [0.4, 0.5) is 0 Å². The molecule has 0 aromatic heterocycles. The van der Waals surface area contributed by atoms with Crippen LogP contribution in [0.5, 0.6) is 0 Å². The van der Waals surface area contributed by atoms with Gasteiger partial charge in [-0.15, -0.1) is 0 Å². The van der Waals surface area contributed by atoms with Gasteiger partial charge in [-0.3, -0.25) is 19.6 Å². The van der Waals surface area contributed by atoms with E-state index in [4.69, 9.17) is 16.0 Å². The first-order valence-electron chi connectivity index (χ1n) is 4.89. The molecule has 0 bridgehead atoms. The van der Waals surface area contributed by atoms with E-state index in [1.165, 1.54) is 19.3 Å². The van der Waals surface area contributed by atoms with Gasteiger partial charge in [0.25, 0.3) is 5.91 Å². The molecule has 0 heterocycles. The Bertz CT molecular complexity index is 378. The van der Waals surface area contributed by atoms with Gasteiger partial charge in [0.15, 0.2) is 0 Å². The molecule has 3 amide bonds. The van der Waals surface area contributed by atoms with Crippen molar-refractivity contribution in [1.82, 2.24) is 10.8 Å². The van der Waals surface area contributed by atoms with Crippen molar-refractivity contribution in [3.05, 3.63) is 0 Å². The second-order valence-electron chi connectivity index (χ2n) is 4.10. The molecule has 18 heavy (non-hydrogen) atoms. The molecule has 0 aromatic rings. The number of hydrogen-bond acceptors (Lipinski definition) is 5. The fraction of sp³-hybridized carbons (Fsp3) is 0.556. The molecule has 0 spiro atoms. The van der Waals surface area contributed by atoms with Crippen LogP contribution in [0.2, 0.25) is 0 Å². The number of amides is 3. The fourth-order valence-electron chi connectivity index (χ4n) is 0.983. The van der Waals surface area contributed by atoms with Crippen LogP contribution in [0, 0.1) is 5.41 Å². The Morgan fingerprint density at radius 2 is 1.72 bits per heavy atom. The standard InChI is InChI=1S/C9H15N3O6/c1-9(2,8(17)12-18)7(16)11-4(6(14)15)3-5(10)13/h4,18H,3H2,1-2H3,(H2,10,13)(H,11,16)(H,12,17)(H,14,15)/t4-/m0/s1. The van der Waals surface area contributed by atoms with Gasteiger partial charge in [-0.05, 0) is 13.8 Å². The maximum absolute atomic E-state index is 11.7. The van der Waals surface area contributed by atoms with Gasteiger partial charge in [-0.1, -0.05) is 0 Å². The molecule has 1 atom stereocenters. The summed E-state index contributed by atoms with van der Waals surface area (Å²) in [4.78, 5) is 44.2. The van der Waals surface area contributed by atoms with Crippen molar-refractivity contribution in [2.24, 2.45) is 11.1 Å². The first-order valence-corrected chi connectivity index (χ1v) is 4.89. The van der Waals surface area contributed by atoms with Gasteiger partial charge >= 0.3 is 5.97 Å². The molecule has 0 radical (unpaired) electrons. The average molecular weight is 261 g/mol. The lowest BCUT2D eigenvalue weighted by Gasteiger charge is -2.23. The molecule has 0 fully saturated rings. The first kappa shape index (κ1) is 15.8. The number of rotatable bonds is 6. The van der Waals surface area contributed by atoms with Crippen molar-refractivity contribution in [3.8, 4) is 0 Å². The highest BCUT2D eigenvalue weighted by Gasteiger charge is 2.38. The molecular formula is C9H15N3O6. The second kappa shape index (κ2) is 5.96. The van der Waals surface area contributed by atoms with Crippen molar-refractivity contribution in [3.63, 3.8) is 0 Å². The zero-order valence-corrected chi connectivity index (χ0v) is 9.89. The Morgan fingerprint density at radius 1 is 1.22 bits per heavy atom. The average Bonchev–Trinajstić information content (AvgIpc) is 2.25. The predicted octanol–water partition coefficient (Wildman–Crippen LogP) is -2.04. The molecule has 0 unspecified atom stereocenters. The van der Waals surface area contributed by atoms with Gasteiger partial charge in [0.2, 0.25) is 11.8 Å². The van der Waals surface area contributed by atoms with E-state index in [1.807, 2.05) is 5.32 Å². The van der Waals surface area contributed by atoms with Crippen LogP contribution in [-0.2, 0) is 19.2 Å². The van der Waals surface area contributed by atoms with E-state index >= 15 is 0 Å². The summed E-state index contributed by atoms with van der Waals surface area (Å²) in [5.41, 5.74) is 4.43. The summed E-state index contributed by atoms with van der Waals surface area (Å²) in [5.74, 6) is -4.33. The molecule has 0 aliphatic carbocycles. The van der Waals surface area contributed by atoms with Crippen molar-refractivity contribution in [2.45, 2.75) is 26.3 Å². The molecule has 0 aliphatic heterocycles. The van der Waals surface area contributed by atoms with Crippen molar-refractivity contribution < 1.29 is 29.5 Å². The van der Waals surface area contributed by atoms with Gasteiger partial charge < -0.3 is 16.2 Å². The lowest BCUT2D eigenvalue weighted by molar-refractivity contribution is -0.150. The zero-order valence-electron chi connectivity index (χ0n) is 9.89. The lowest BCUT2D eigenvalue weighted by atomic mass is 9.91. The number of primary amides is 1. The van der Waals surface area contributed by atoms with E-state index in [1.54, 1.807) is 0 Å². The molecule has 9 heteroatoms. The lowest BCUT2D eigenvalue weighted by Crippen LogP contribution is -2.52. The number of aliphatic carboxylic acids is 1. The largest absolute Gasteiger partial charge is 0.480 e. The second-order valence-corrected chi connectivity index (χ2v) is 4.10. The highest BCUT2D eigenvalue weighted by atomic mass is 16.5. The SMILES string of the molecule is CC(C)(C(=O)NO)C(=O)N[C@@H](CC(N)=O)C(=O)O. The minimum absolute atomic E-state index is 0.599. The van der Waals surface area contributed by atoms with Gasteiger partial charge in [0.05, 0.1) is 6.42 Å². The van der Waals surface area contributed by atoms with Crippen LogP contribution in [0.1, 0.15) is 20.3 Å². The normalized spacial score (nSPS) is 12.4. The number of nitrogens with two attached hydrogens (primary N) is 1. The summed E-state index contributed by atoms with van der Waals surface area (Å²) in [6.07, 6.45) is -0.599. The third kappa shape index (κ3) is 4.01. The first-order chi connectivity index (χ1) is 8.12. The maximum Gasteiger partial charge on any atom is 0.326 e. The van der Waals surface area contributed by atoms with Crippen LogP contribution in [0.15, 0.2) is 0 Å². The summed E-state index contributed by atoms with van der Waals surface area (Å²) in [7, 11) is 0. The van der Waals surface area contributed by atoms with Crippen LogP contribution in [0.3, 0.4) is 0 Å². The molecule has 0 saturated heterocycles. The molecule has 102 valence electrons. The van der Waals surface area contributed by atoms with Gasteiger partial charge in [0, 0.05) is 0 Å². The van der Waals surface area contributed by atoms with Gasteiger partial charge in [-0.2, -0.15) is 0 Å². The molecule has 0 aromatic carbocycles. The quantitative estimate of drug-likeness (QED) is 0.210. The van der Waals surface area contributed by atoms with Crippen LogP contribution in [-0.4, -0.2) is 40.0 Å². The summed E-state index contributed by atoms with van der Waals surface area (Å²) >= 11 is 0. The molecule has 0 rings (SSSR count). The third-order valence-electron chi connectivity index (χ3n) is 2.25. The Kier molecular flexibility index (Phi) is 5.24. The van der Waals surface area contributed by atoms with Gasteiger partial charge in [0.1, 0.15) is 11.5 Å². The number of hydroxylamine groups is 1. The number of carboxylic acids is 1. The predicted molar refractivity (Wildman–Crippen MR) is 57.1 cm³/mol. The summed E-state index contributed by atoms with van der Waals surface area (Å²) in [6.45, 7) is 2.36. The number of nitrogens with one attached hydrogen (secondary N) is 2. The fourth-order valence-corrected chi connectivity index (χ4v) is 0.983. The summed E-state index contributed by atoms with van der Waals surface area (Å²) < 4.78 is 0. The molecule has 0 saturated carbocycles. The van der Waals surface area contributed by atoms with Crippen LogP contribution < -0.4 is 16.5 Å². The summed E-state index contributed by atoms with van der Waals surface area (Å²) in [6, 6.07) is -1.53. The smallest absolute Gasteiger partial charge is 0.326 e. The van der Waals surface area contributed by atoms with Crippen molar-refractivity contribution in [1.29, 1.82) is 0 Å². The molecule has 6 N–H and O–H groups in total. The van der Waals surface area contributed by atoms with Crippen molar-refractivity contribution >= 4 is 23.7 Å². The number of carboxylic acid groups (broad SMARTS) is 1. The van der Waals surface area contributed by atoms with Gasteiger partial charge in [-0.25, -0.2) is 10.3 Å². The monoisotopic (exact) mass is 261 g/mol. The van der Waals surface area contributed by atoms with E-state index in [0.717, 1.165) is 0 Å². The number of carbonyl (C=O) groups excluding carboxylic acids is 3. The van der Waals surface area contributed by atoms with Crippen molar-refractivity contribution in [2.75, 3.05) is 0 Å². The Balaban J connectivity index is 4.85. The Hall–Kier alpha value is -2.16. The number of carbonyl (C=O) groups is 4. The van der Waals surface area contributed by atoms with E-state index in [-0.39, 0.29) is 0 Å². The van der Waals surface area contributed by atoms with E-state index in [9.17, 15) is 19.2 Å². The van der Waals surface area contributed by atoms with E-state index < -0.39 is 41.6 Å². The molecule has 9 nitrogen and oxygen atoms in total. The zero-order chi connectivity index (χ0) is 14.5. The van der Waals surface area contributed by atoms with E-state index in [0.29, 0.717) is 0 Å². The molecular weight excluding hydrogens is 246 g/mol.